The highest BCUT2D eigenvalue weighted by atomic mass is 79.9. The predicted octanol–water partition coefficient (Wildman–Crippen LogP) is 3.61. The average Bonchev–Trinajstić information content (AvgIpc) is 2.35. The molecule has 0 saturated carbocycles. The van der Waals surface area contributed by atoms with E-state index in [1.165, 1.54) is 25.9 Å². The molecule has 3 fully saturated rings. The second-order valence-corrected chi connectivity index (χ2v) is 6.34. The molecule has 1 aromatic carbocycles. The maximum Gasteiger partial charge on any atom is 0.0638 e. The van der Waals surface area contributed by atoms with Gasteiger partial charge in [-0.15, -0.1) is 0 Å². The first-order valence-corrected chi connectivity index (χ1v) is 7.33. The summed E-state index contributed by atoms with van der Waals surface area (Å²) in [7, 11) is 0. The molecule has 3 aliphatic heterocycles. The molecule has 4 rings (SSSR count). The number of halogens is 2. The van der Waals surface area contributed by atoms with E-state index < -0.39 is 0 Å². The summed E-state index contributed by atoms with van der Waals surface area (Å²) in [4.78, 5) is 2.55. The zero-order valence-corrected chi connectivity index (χ0v) is 12.0. The van der Waals surface area contributed by atoms with Gasteiger partial charge < -0.3 is 10.2 Å². The monoisotopic (exact) mass is 314 g/mol. The zero-order chi connectivity index (χ0) is 11.8. The van der Waals surface area contributed by atoms with Gasteiger partial charge >= 0.3 is 0 Å². The van der Waals surface area contributed by atoms with Crippen LogP contribution < -0.4 is 5.32 Å². The summed E-state index contributed by atoms with van der Waals surface area (Å²) in [6, 6.07) is 6.54. The molecule has 1 N–H and O–H groups in total. The number of piperidine rings is 3. The third-order valence-corrected chi connectivity index (χ3v) is 4.75. The van der Waals surface area contributed by atoms with E-state index in [1.54, 1.807) is 0 Å². The van der Waals surface area contributed by atoms with Crippen molar-refractivity contribution in [2.75, 3.05) is 25.0 Å². The molecule has 0 aliphatic carbocycles. The lowest BCUT2D eigenvalue weighted by atomic mass is 9.84. The Morgan fingerprint density at radius 2 is 2.06 bits per heavy atom. The van der Waals surface area contributed by atoms with Crippen LogP contribution in [0, 0.1) is 5.92 Å². The molecule has 3 saturated heterocycles. The highest BCUT2D eigenvalue weighted by molar-refractivity contribution is 9.10. The highest BCUT2D eigenvalue weighted by Crippen LogP contribution is 2.32. The van der Waals surface area contributed by atoms with Gasteiger partial charge in [-0.25, -0.2) is 0 Å². The van der Waals surface area contributed by atoms with Gasteiger partial charge in [0.25, 0.3) is 0 Å². The molecule has 0 amide bonds. The van der Waals surface area contributed by atoms with Crippen molar-refractivity contribution in [1.82, 2.24) is 4.90 Å². The number of rotatable bonds is 2. The van der Waals surface area contributed by atoms with Gasteiger partial charge in [0.2, 0.25) is 0 Å². The fraction of sp³-hybridized carbons (Fsp3) is 0.538. The number of anilines is 1. The summed E-state index contributed by atoms with van der Waals surface area (Å²) in [6.45, 7) is 3.71. The number of fused-ring (bicyclic) bond motifs is 3. The van der Waals surface area contributed by atoms with Crippen molar-refractivity contribution < 1.29 is 0 Å². The van der Waals surface area contributed by atoms with Crippen LogP contribution in [0.2, 0.25) is 5.02 Å². The summed E-state index contributed by atoms with van der Waals surface area (Å²) in [5.41, 5.74) is 1.06. The van der Waals surface area contributed by atoms with Crippen molar-refractivity contribution in [3.63, 3.8) is 0 Å². The molecule has 1 aromatic rings. The van der Waals surface area contributed by atoms with Gasteiger partial charge in [0, 0.05) is 17.1 Å². The molecular weight excluding hydrogens is 300 g/mol. The first kappa shape index (κ1) is 11.8. The van der Waals surface area contributed by atoms with E-state index in [-0.39, 0.29) is 0 Å². The van der Waals surface area contributed by atoms with Crippen molar-refractivity contribution in [1.29, 1.82) is 0 Å². The van der Waals surface area contributed by atoms with Crippen LogP contribution in [-0.2, 0) is 0 Å². The number of nitrogens with zero attached hydrogens (tertiary/aromatic N) is 1. The van der Waals surface area contributed by atoms with Gasteiger partial charge in [-0.2, -0.15) is 0 Å². The minimum atomic E-state index is 0.560. The molecule has 1 atom stereocenters. The molecule has 4 heteroatoms. The van der Waals surface area contributed by atoms with Crippen molar-refractivity contribution in [3.05, 3.63) is 27.7 Å². The lowest BCUT2D eigenvalue weighted by molar-refractivity contribution is 0.0975. The Labute approximate surface area is 115 Å². The number of benzene rings is 1. The van der Waals surface area contributed by atoms with E-state index in [0.717, 1.165) is 27.6 Å². The smallest absolute Gasteiger partial charge is 0.0638 e. The molecule has 0 radical (unpaired) electrons. The average molecular weight is 316 g/mol. The number of hydrogen-bond donors (Lipinski definition) is 1. The molecule has 3 aliphatic rings. The Balaban J connectivity index is 1.76. The standard InChI is InChI=1S/C13H16BrClN2/c14-10-1-2-11(15)12(7-10)16-13-8-17-5-3-9(13)4-6-17/h1-2,7,9,13,16H,3-6,8H2. The van der Waals surface area contributed by atoms with Crippen LogP contribution in [0.25, 0.3) is 0 Å². The number of nitrogens with one attached hydrogen (secondary N) is 1. The molecule has 1 unspecified atom stereocenters. The second kappa shape index (κ2) is 4.79. The fourth-order valence-corrected chi connectivity index (χ4v) is 3.47. The third kappa shape index (κ3) is 2.47. The van der Waals surface area contributed by atoms with Gasteiger partial charge in [-0.05, 0) is 50.0 Å². The minimum Gasteiger partial charge on any atom is -0.380 e. The molecule has 3 heterocycles. The Morgan fingerprint density at radius 3 is 2.71 bits per heavy atom. The fourth-order valence-electron chi connectivity index (χ4n) is 2.94. The van der Waals surface area contributed by atoms with Crippen LogP contribution in [0.3, 0.4) is 0 Å². The SMILES string of the molecule is Clc1ccc(Br)cc1NC1CN2CCC1CC2. The van der Waals surface area contributed by atoms with E-state index in [9.17, 15) is 0 Å². The van der Waals surface area contributed by atoms with Crippen molar-refractivity contribution >= 4 is 33.2 Å². The summed E-state index contributed by atoms with van der Waals surface area (Å²) < 4.78 is 1.07. The molecule has 0 aromatic heterocycles. The largest absolute Gasteiger partial charge is 0.380 e. The molecule has 92 valence electrons. The van der Waals surface area contributed by atoms with Gasteiger partial charge in [0.05, 0.1) is 10.7 Å². The van der Waals surface area contributed by atoms with Crippen LogP contribution in [-0.4, -0.2) is 30.6 Å². The van der Waals surface area contributed by atoms with Crippen LogP contribution in [0.5, 0.6) is 0 Å². The summed E-state index contributed by atoms with van der Waals surface area (Å²) in [5.74, 6) is 0.815. The molecular formula is C13H16BrClN2. The van der Waals surface area contributed by atoms with Crippen molar-refractivity contribution in [2.24, 2.45) is 5.92 Å². The predicted molar refractivity (Wildman–Crippen MR) is 75.7 cm³/mol. The van der Waals surface area contributed by atoms with Gasteiger partial charge in [-0.1, -0.05) is 27.5 Å². The second-order valence-electron chi connectivity index (χ2n) is 5.01. The molecule has 17 heavy (non-hydrogen) atoms. The number of hydrogen-bond acceptors (Lipinski definition) is 2. The lowest BCUT2D eigenvalue weighted by Crippen LogP contribution is -2.53. The van der Waals surface area contributed by atoms with Crippen LogP contribution in [0.15, 0.2) is 22.7 Å². The topological polar surface area (TPSA) is 15.3 Å². The first-order valence-electron chi connectivity index (χ1n) is 6.16. The molecule has 0 spiro atoms. The zero-order valence-electron chi connectivity index (χ0n) is 9.63. The van der Waals surface area contributed by atoms with Crippen molar-refractivity contribution in [3.8, 4) is 0 Å². The van der Waals surface area contributed by atoms with Crippen LogP contribution in [0.4, 0.5) is 5.69 Å². The Morgan fingerprint density at radius 1 is 1.29 bits per heavy atom. The first-order chi connectivity index (χ1) is 8.22. The normalized spacial score (nSPS) is 31.5. The van der Waals surface area contributed by atoms with Crippen LogP contribution >= 0.6 is 27.5 Å². The minimum absolute atomic E-state index is 0.560. The Bertz CT molecular complexity index is 416. The summed E-state index contributed by atoms with van der Waals surface area (Å²) in [6.07, 6.45) is 2.65. The van der Waals surface area contributed by atoms with E-state index in [0.29, 0.717) is 6.04 Å². The quantitative estimate of drug-likeness (QED) is 0.897. The summed E-state index contributed by atoms with van der Waals surface area (Å²) in [5, 5.41) is 4.43. The Hall–Kier alpha value is -0.250. The maximum atomic E-state index is 6.22. The van der Waals surface area contributed by atoms with Crippen molar-refractivity contribution in [2.45, 2.75) is 18.9 Å². The van der Waals surface area contributed by atoms with Crippen LogP contribution in [0.1, 0.15) is 12.8 Å². The third-order valence-electron chi connectivity index (χ3n) is 3.93. The van der Waals surface area contributed by atoms with Gasteiger partial charge in [0.1, 0.15) is 0 Å². The van der Waals surface area contributed by atoms with E-state index in [2.05, 4.69) is 32.2 Å². The van der Waals surface area contributed by atoms with E-state index in [1.807, 2.05) is 12.1 Å². The lowest BCUT2D eigenvalue weighted by Gasteiger charge is -2.45. The Kier molecular flexibility index (Phi) is 3.33. The van der Waals surface area contributed by atoms with E-state index in [4.69, 9.17) is 11.6 Å². The van der Waals surface area contributed by atoms with Gasteiger partial charge in [0.15, 0.2) is 0 Å². The maximum absolute atomic E-state index is 6.22. The highest BCUT2D eigenvalue weighted by Gasteiger charge is 2.34. The van der Waals surface area contributed by atoms with Gasteiger partial charge in [-0.3, -0.25) is 0 Å². The molecule has 2 nitrogen and oxygen atoms in total. The molecule has 2 bridgehead atoms. The van der Waals surface area contributed by atoms with E-state index >= 15 is 0 Å². The summed E-state index contributed by atoms with van der Waals surface area (Å²) >= 11 is 9.71.